The van der Waals surface area contributed by atoms with Gasteiger partial charge in [0, 0.05) is 6.07 Å². The van der Waals surface area contributed by atoms with Gasteiger partial charge in [0.05, 0.1) is 18.7 Å². The van der Waals surface area contributed by atoms with Crippen molar-refractivity contribution >= 4 is 11.8 Å². The maximum absolute atomic E-state index is 12.3. The topological polar surface area (TPSA) is 90.7 Å². The first-order valence-corrected chi connectivity index (χ1v) is 8.56. The van der Waals surface area contributed by atoms with Crippen molar-refractivity contribution in [3.63, 3.8) is 0 Å². The number of aryl methyl sites for hydroxylation is 1. The van der Waals surface area contributed by atoms with Gasteiger partial charge in [0.2, 0.25) is 0 Å². The van der Waals surface area contributed by atoms with Crippen LogP contribution in [0.1, 0.15) is 40.4 Å². The number of rotatable bonds is 6. The van der Waals surface area contributed by atoms with Gasteiger partial charge < -0.3 is 20.5 Å². The predicted octanol–water partition coefficient (Wildman–Crippen LogP) is 2.37. The first-order valence-electron chi connectivity index (χ1n) is 8.56. The van der Waals surface area contributed by atoms with Crippen molar-refractivity contribution < 1.29 is 19.1 Å². The van der Waals surface area contributed by atoms with Crippen LogP contribution in [0.25, 0.3) is 0 Å². The number of nitrogens with two attached hydrogens (primary N) is 1. The molecule has 3 N–H and O–H groups in total. The minimum Gasteiger partial charge on any atom is -0.497 e. The zero-order valence-electron chi connectivity index (χ0n) is 14.7. The molecule has 2 aromatic rings. The third kappa shape index (κ3) is 3.96. The van der Waals surface area contributed by atoms with Gasteiger partial charge in [-0.2, -0.15) is 0 Å². The molecule has 2 amide bonds. The van der Waals surface area contributed by atoms with Crippen LogP contribution in [0.4, 0.5) is 0 Å². The van der Waals surface area contributed by atoms with Gasteiger partial charge in [-0.3, -0.25) is 9.59 Å². The summed E-state index contributed by atoms with van der Waals surface area (Å²) in [5, 5.41) is 3.01. The minimum atomic E-state index is -0.621. The van der Waals surface area contributed by atoms with E-state index in [9.17, 15) is 9.59 Å². The largest absolute Gasteiger partial charge is 0.497 e. The second kappa shape index (κ2) is 7.91. The molecule has 1 atom stereocenters. The summed E-state index contributed by atoms with van der Waals surface area (Å²) in [6.45, 7) is -0.202. The fourth-order valence-electron chi connectivity index (χ4n) is 3.24. The van der Waals surface area contributed by atoms with Crippen LogP contribution in [0.15, 0.2) is 42.5 Å². The highest BCUT2D eigenvalue weighted by molar-refractivity contribution is 5.96. The Balaban J connectivity index is 1.66. The summed E-state index contributed by atoms with van der Waals surface area (Å²) in [5.74, 6) is -0.114. The van der Waals surface area contributed by atoms with E-state index in [4.69, 9.17) is 15.2 Å². The van der Waals surface area contributed by atoms with E-state index in [1.165, 1.54) is 18.7 Å². The highest BCUT2D eigenvalue weighted by Gasteiger charge is 2.21. The number of benzene rings is 2. The lowest BCUT2D eigenvalue weighted by molar-refractivity contribution is -0.124. The van der Waals surface area contributed by atoms with Gasteiger partial charge in [-0.25, -0.2) is 0 Å². The van der Waals surface area contributed by atoms with Crippen molar-refractivity contribution in [2.75, 3.05) is 13.7 Å². The van der Waals surface area contributed by atoms with E-state index in [1.54, 1.807) is 12.1 Å². The lowest BCUT2D eigenvalue weighted by atomic mass is 9.88. The van der Waals surface area contributed by atoms with Crippen LogP contribution < -0.4 is 20.5 Å². The molecule has 0 unspecified atom stereocenters. The number of amides is 2. The van der Waals surface area contributed by atoms with Crippen LogP contribution in [-0.2, 0) is 11.2 Å². The Morgan fingerprint density at radius 1 is 1.23 bits per heavy atom. The van der Waals surface area contributed by atoms with Crippen LogP contribution >= 0.6 is 0 Å². The van der Waals surface area contributed by atoms with Gasteiger partial charge in [-0.15, -0.1) is 0 Å². The Kier molecular flexibility index (Phi) is 5.41. The third-order valence-electron chi connectivity index (χ3n) is 4.52. The normalized spacial score (nSPS) is 15.7. The smallest absolute Gasteiger partial charge is 0.258 e. The number of carbonyl (C=O) groups excluding carboxylic acids is 2. The van der Waals surface area contributed by atoms with E-state index in [0.717, 1.165) is 24.8 Å². The molecule has 6 nitrogen and oxygen atoms in total. The molecule has 0 saturated carbocycles. The van der Waals surface area contributed by atoms with Gasteiger partial charge in [0.1, 0.15) is 11.5 Å². The molecule has 1 aliphatic carbocycles. The molecule has 0 saturated heterocycles. The average molecular weight is 354 g/mol. The summed E-state index contributed by atoms with van der Waals surface area (Å²) in [7, 11) is 1.51. The van der Waals surface area contributed by atoms with Crippen LogP contribution in [-0.4, -0.2) is 25.5 Å². The van der Waals surface area contributed by atoms with E-state index in [0.29, 0.717) is 5.75 Å². The molecule has 136 valence electrons. The molecule has 0 radical (unpaired) electrons. The van der Waals surface area contributed by atoms with Gasteiger partial charge in [0.15, 0.2) is 6.61 Å². The lowest BCUT2D eigenvalue weighted by Crippen LogP contribution is -2.34. The molecule has 1 aliphatic rings. The second-order valence-corrected chi connectivity index (χ2v) is 6.23. The summed E-state index contributed by atoms with van der Waals surface area (Å²) in [6, 6.07) is 12.8. The molecule has 0 aliphatic heterocycles. The summed E-state index contributed by atoms with van der Waals surface area (Å²) in [5.41, 5.74) is 8.00. The Hall–Kier alpha value is -3.02. The second-order valence-electron chi connectivity index (χ2n) is 6.23. The SMILES string of the molecule is COc1ccc(C(N)=O)c(OCC(=O)N[C@@H]2CCCc3ccccc32)c1. The molecule has 0 aromatic heterocycles. The fraction of sp³-hybridized carbons (Fsp3) is 0.300. The quantitative estimate of drug-likeness (QED) is 0.833. The number of carbonyl (C=O) groups is 2. The first kappa shape index (κ1) is 17.8. The molecule has 26 heavy (non-hydrogen) atoms. The van der Waals surface area contributed by atoms with Crippen molar-refractivity contribution in [1.82, 2.24) is 5.32 Å². The highest BCUT2D eigenvalue weighted by Crippen LogP contribution is 2.29. The number of methoxy groups -OCH3 is 1. The minimum absolute atomic E-state index is 0.0167. The monoisotopic (exact) mass is 354 g/mol. The van der Waals surface area contributed by atoms with Crippen LogP contribution in [0, 0.1) is 0 Å². The molecule has 3 rings (SSSR count). The molecule has 0 heterocycles. The Morgan fingerprint density at radius 2 is 2.04 bits per heavy atom. The molecule has 0 fully saturated rings. The van der Waals surface area contributed by atoms with E-state index in [2.05, 4.69) is 11.4 Å². The van der Waals surface area contributed by atoms with Gasteiger partial charge in [0.25, 0.3) is 11.8 Å². The maximum atomic E-state index is 12.3. The summed E-state index contributed by atoms with van der Waals surface area (Å²) in [6.07, 6.45) is 2.96. The molecule has 2 aromatic carbocycles. The van der Waals surface area contributed by atoms with Crippen molar-refractivity contribution in [2.45, 2.75) is 25.3 Å². The number of primary amides is 1. The van der Waals surface area contributed by atoms with E-state index >= 15 is 0 Å². The molecule has 0 bridgehead atoms. The zero-order valence-corrected chi connectivity index (χ0v) is 14.7. The maximum Gasteiger partial charge on any atom is 0.258 e. The average Bonchev–Trinajstić information content (AvgIpc) is 2.66. The van der Waals surface area contributed by atoms with Crippen LogP contribution in [0.2, 0.25) is 0 Å². The van der Waals surface area contributed by atoms with Crippen molar-refractivity contribution in [2.24, 2.45) is 5.73 Å². The van der Waals surface area contributed by atoms with Crippen molar-refractivity contribution in [3.05, 3.63) is 59.2 Å². The lowest BCUT2D eigenvalue weighted by Gasteiger charge is -2.26. The number of ether oxygens (including phenoxy) is 2. The number of hydrogen-bond acceptors (Lipinski definition) is 4. The zero-order chi connectivity index (χ0) is 18.5. The molecule has 0 spiro atoms. The van der Waals surface area contributed by atoms with Gasteiger partial charge >= 0.3 is 0 Å². The number of hydrogen-bond donors (Lipinski definition) is 2. The van der Waals surface area contributed by atoms with E-state index in [1.807, 2.05) is 18.2 Å². The van der Waals surface area contributed by atoms with Crippen molar-refractivity contribution in [3.8, 4) is 11.5 Å². The van der Waals surface area contributed by atoms with Crippen molar-refractivity contribution in [1.29, 1.82) is 0 Å². The number of nitrogens with one attached hydrogen (secondary N) is 1. The molecule has 6 heteroatoms. The first-order chi connectivity index (χ1) is 12.6. The standard InChI is InChI=1S/C20H22N2O4/c1-25-14-9-10-16(20(21)24)18(11-14)26-12-19(23)22-17-8-4-6-13-5-2-3-7-15(13)17/h2-3,5,7,9-11,17H,4,6,8,12H2,1H3,(H2,21,24)(H,22,23)/t17-/m1/s1. The fourth-order valence-corrected chi connectivity index (χ4v) is 3.24. The third-order valence-corrected chi connectivity index (χ3v) is 4.52. The highest BCUT2D eigenvalue weighted by atomic mass is 16.5. The van der Waals surface area contributed by atoms with Gasteiger partial charge in [-0.1, -0.05) is 24.3 Å². The Bertz CT molecular complexity index is 819. The number of fused-ring (bicyclic) bond motifs is 1. The van der Waals surface area contributed by atoms with Gasteiger partial charge in [-0.05, 0) is 42.5 Å². The molecular weight excluding hydrogens is 332 g/mol. The summed E-state index contributed by atoms with van der Waals surface area (Å²) >= 11 is 0. The Morgan fingerprint density at radius 3 is 2.81 bits per heavy atom. The van der Waals surface area contributed by atoms with E-state index in [-0.39, 0.29) is 29.9 Å². The predicted molar refractivity (Wildman–Crippen MR) is 97.3 cm³/mol. The van der Waals surface area contributed by atoms with Crippen LogP contribution in [0.3, 0.4) is 0 Å². The van der Waals surface area contributed by atoms with Crippen LogP contribution in [0.5, 0.6) is 11.5 Å². The van der Waals surface area contributed by atoms with E-state index < -0.39 is 5.91 Å². The summed E-state index contributed by atoms with van der Waals surface area (Å²) < 4.78 is 10.7. The summed E-state index contributed by atoms with van der Waals surface area (Å²) in [4.78, 5) is 23.9. The Labute approximate surface area is 152 Å². The molecular formula is C20H22N2O4.